The second-order valence-electron chi connectivity index (χ2n) is 5.60. The number of ketones is 1. The predicted octanol–water partition coefficient (Wildman–Crippen LogP) is 0.141. The van der Waals surface area contributed by atoms with Crippen LogP contribution in [0.1, 0.15) is 5.56 Å². The highest BCUT2D eigenvalue weighted by Crippen LogP contribution is 2.25. The summed E-state index contributed by atoms with van der Waals surface area (Å²) in [7, 11) is -1.55. The molecule has 3 rings (SSSR count). The molecular formula is C17H16BNO4. The Labute approximate surface area is 134 Å². The first kappa shape index (κ1) is 15.5. The minimum atomic E-state index is -1.55. The van der Waals surface area contributed by atoms with Gasteiger partial charge in [0.05, 0.1) is 6.54 Å². The van der Waals surface area contributed by atoms with Gasteiger partial charge in [-0.1, -0.05) is 42.5 Å². The maximum Gasteiger partial charge on any atom is 0.488 e. The Bertz CT molecular complexity index is 715. The SMILES string of the molecule is O=C1CN(c2ccc(B(O)O)cc2)C(=O)C1Cc1ccccc1. The van der Waals surface area contributed by atoms with Crippen molar-refractivity contribution in [3.05, 3.63) is 60.2 Å². The molecule has 116 valence electrons. The Balaban J connectivity index is 1.78. The summed E-state index contributed by atoms with van der Waals surface area (Å²) in [5, 5.41) is 18.2. The van der Waals surface area contributed by atoms with Gasteiger partial charge in [-0.3, -0.25) is 9.59 Å². The Hall–Kier alpha value is -2.44. The van der Waals surface area contributed by atoms with E-state index in [0.29, 0.717) is 17.6 Å². The minimum absolute atomic E-state index is 0.0529. The zero-order valence-electron chi connectivity index (χ0n) is 12.4. The van der Waals surface area contributed by atoms with Gasteiger partial charge in [0.15, 0.2) is 5.78 Å². The topological polar surface area (TPSA) is 77.8 Å². The molecule has 1 unspecified atom stereocenters. The van der Waals surface area contributed by atoms with Crippen LogP contribution in [0, 0.1) is 5.92 Å². The van der Waals surface area contributed by atoms with Crippen molar-refractivity contribution in [1.82, 2.24) is 0 Å². The lowest BCUT2D eigenvalue weighted by molar-refractivity contribution is -0.126. The van der Waals surface area contributed by atoms with Gasteiger partial charge in [0.25, 0.3) is 0 Å². The van der Waals surface area contributed by atoms with Gasteiger partial charge in [-0.15, -0.1) is 0 Å². The largest absolute Gasteiger partial charge is 0.488 e. The molecule has 1 amide bonds. The van der Waals surface area contributed by atoms with Crippen LogP contribution in [0.15, 0.2) is 54.6 Å². The minimum Gasteiger partial charge on any atom is -0.423 e. The van der Waals surface area contributed by atoms with Crippen molar-refractivity contribution >= 4 is 30.0 Å². The molecule has 6 heteroatoms. The average molecular weight is 309 g/mol. The lowest BCUT2D eigenvalue weighted by Crippen LogP contribution is -2.31. The van der Waals surface area contributed by atoms with Gasteiger partial charge in [-0.25, -0.2) is 0 Å². The molecule has 2 aromatic carbocycles. The van der Waals surface area contributed by atoms with Gasteiger partial charge in [-0.05, 0) is 29.6 Å². The Morgan fingerprint density at radius 2 is 1.65 bits per heavy atom. The van der Waals surface area contributed by atoms with Crippen LogP contribution < -0.4 is 10.4 Å². The molecule has 0 bridgehead atoms. The highest BCUT2D eigenvalue weighted by Gasteiger charge is 2.39. The standard InChI is InChI=1S/C17H16BNO4/c20-16-11-19(14-8-6-13(7-9-14)18(22)23)17(21)15(16)10-12-4-2-1-3-5-12/h1-9,15,22-23H,10-11H2. The molecule has 1 fully saturated rings. The van der Waals surface area contributed by atoms with E-state index >= 15 is 0 Å². The van der Waals surface area contributed by atoms with Crippen LogP contribution in [0.25, 0.3) is 0 Å². The van der Waals surface area contributed by atoms with Crippen molar-refractivity contribution in [2.45, 2.75) is 6.42 Å². The number of carbonyl (C=O) groups is 2. The molecule has 0 aromatic heterocycles. The molecular weight excluding hydrogens is 293 g/mol. The summed E-state index contributed by atoms with van der Waals surface area (Å²) in [5.74, 6) is -0.957. The number of hydrogen-bond donors (Lipinski definition) is 2. The number of carbonyl (C=O) groups excluding carboxylic acids is 2. The van der Waals surface area contributed by atoms with Gasteiger partial charge in [-0.2, -0.15) is 0 Å². The molecule has 1 heterocycles. The van der Waals surface area contributed by atoms with Gasteiger partial charge in [0, 0.05) is 5.69 Å². The number of hydrogen-bond acceptors (Lipinski definition) is 4. The van der Waals surface area contributed by atoms with Crippen LogP contribution in [0.2, 0.25) is 0 Å². The fourth-order valence-electron chi connectivity index (χ4n) is 2.77. The summed E-state index contributed by atoms with van der Waals surface area (Å²) in [6, 6.07) is 15.8. The van der Waals surface area contributed by atoms with Crippen molar-refractivity contribution in [2.75, 3.05) is 11.4 Å². The molecule has 5 nitrogen and oxygen atoms in total. The Morgan fingerprint density at radius 1 is 1.00 bits per heavy atom. The monoisotopic (exact) mass is 309 g/mol. The summed E-state index contributed by atoms with van der Waals surface area (Å²) < 4.78 is 0. The Morgan fingerprint density at radius 3 is 2.26 bits per heavy atom. The number of amides is 1. The summed E-state index contributed by atoms with van der Waals surface area (Å²) in [6.45, 7) is 0.0529. The van der Waals surface area contributed by atoms with Crippen LogP contribution in [-0.4, -0.2) is 35.4 Å². The number of Topliss-reactive ketones (excluding diaryl/α,β-unsaturated/α-hetero) is 1. The predicted molar refractivity (Wildman–Crippen MR) is 87.3 cm³/mol. The number of nitrogens with zero attached hydrogens (tertiary/aromatic N) is 1. The number of anilines is 1. The van der Waals surface area contributed by atoms with Crippen LogP contribution in [0.5, 0.6) is 0 Å². The second-order valence-corrected chi connectivity index (χ2v) is 5.60. The van der Waals surface area contributed by atoms with Crippen LogP contribution in [-0.2, 0) is 16.0 Å². The lowest BCUT2D eigenvalue weighted by atomic mass is 9.80. The van der Waals surface area contributed by atoms with E-state index in [4.69, 9.17) is 10.0 Å². The normalized spacial score (nSPS) is 17.7. The van der Waals surface area contributed by atoms with E-state index in [1.54, 1.807) is 12.1 Å². The average Bonchev–Trinajstić information content (AvgIpc) is 2.84. The molecule has 2 aromatic rings. The molecule has 2 N–H and O–H groups in total. The highest BCUT2D eigenvalue weighted by atomic mass is 16.4. The van der Waals surface area contributed by atoms with Crippen molar-refractivity contribution in [3.63, 3.8) is 0 Å². The smallest absolute Gasteiger partial charge is 0.423 e. The van der Waals surface area contributed by atoms with Crippen LogP contribution in [0.3, 0.4) is 0 Å². The quantitative estimate of drug-likeness (QED) is 0.622. The zero-order valence-corrected chi connectivity index (χ0v) is 12.4. The fraction of sp³-hybridized carbons (Fsp3) is 0.176. The van der Waals surface area contributed by atoms with E-state index in [0.717, 1.165) is 5.56 Å². The number of benzene rings is 2. The fourth-order valence-corrected chi connectivity index (χ4v) is 2.77. The summed E-state index contributed by atoms with van der Waals surface area (Å²) in [4.78, 5) is 26.2. The zero-order chi connectivity index (χ0) is 16.4. The molecule has 0 radical (unpaired) electrons. The van der Waals surface area contributed by atoms with E-state index in [1.165, 1.54) is 17.0 Å². The second kappa shape index (κ2) is 6.36. The van der Waals surface area contributed by atoms with E-state index in [2.05, 4.69) is 0 Å². The first-order valence-corrected chi connectivity index (χ1v) is 7.40. The first-order valence-electron chi connectivity index (χ1n) is 7.40. The molecule has 23 heavy (non-hydrogen) atoms. The molecule has 0 spiro atoms. The lowest BCUT2D eigenvalue weighted by Gasteiger charge is -2.16. The third-order valence-electron chi connectivity index (χ3n) is 4.05. The maximum atomic E-state index is 12.5. The van der Waals surface area contributed by atoms with Crippen molar-refractivity contribution in [1.29, 1.82) is 0 Å². The molecule has 0 aliphatic carbocycles. The summed E-state index contributed by atoms with van der Waals surface area (Å²) in [6.07, 6.45) is 0.405. The third kappa shape index (κ3) is 3.18. The molecule has 1 atom stereocenters. The van der Waals surface area contributed by atoms with E-state index in [1.807, 2.05) is 30.3 Å². The Kier molecular flexibility index (Phi) is 4.27. The van der Waals surface area contributed by atoms with Crippen molar-refractivity contribution < 1.29 is 19.6 Å². The molecule has 1 aliphatic rings. The maximum absolute atomic E-state index is 12.5. The molecule has 1 aliphatic heterocycles. The molecule has 0 saturated carbocycles. The summed E-state index contributed by atoms with van der Waals surface area (Å²) in [5.41, 5.74) is 1.88. The van der Waals surface area contributed by atoms with Gasteiger partial charge >= 0.3 is 7.12 Å². The van der Waals surface area contributed by atoms with Gasteiger partial charge in [0.2, 0.25) is 5.91 Å². The molecule has 1 saturated heterocycles. The van der Waals surface area contributed by atoms with E-state index < -0.39 is 13.0 Å². The summed E-state index contributed by atoms with van der Waals surface area (Å²) >= 11 is 0. The van der Waals surface area contributed by atoms with Crippen molar-refractivity contribution in [2.24, 2.45) is 5.92 Å². The van der Waals surface area contributed by atoms with E-state index in [9.17, 15) is 9.59 Å². The highest BCUT2D eigenvalue weighted by molar-refractivity contribution is 6.58. The van der Waals surface area contributed by atoms with Crippen LogP contribution in [0.4, 0.5) is 5.69 Å². The van der Waals surface area contributed by atoms with Crippen LogP contribution >= 0.6 is 0 Å². The van der Waals surface area contributed by atoms with E-state index in [-0.39, 0.29) is 18.2 Å². The third-order valence-corrected chi connectivity index (χ3v) is 4.05. The van der Waals surface area contributed by atoms with Gasteiger partial charge < -0.3 is 14.9 Å². The van der Waals surface area contributed by atoms with Gasteiger partial charge in [0.1, 0.15) is 5.92 Å². The van der Waals surface area contributed by atoms with Crippen molar-refractivity contribution in [3.8, 4) is 0 Å². The number of rotatable bonds is 4. The first-order chi connectivity index (χ1) is 11.1.